The Labute approximate surface area is 149 Å². The summed E-state index contributed by atoms with van der Waals surface area (Å²) in [5, 5.41) is 6.90. The highest BCUT2D eigenvalue weighted by Crippen LogP contribution is 2.25. The number of aromatic nitrogens is 3. The molecule has 0 radical (unpaired) electrons. The smallest absolute Gasteiger partial charge is 0.237 e. The fraction of sp³-hybridized carbons (Fsp3) is 0.526. The quantitative estimate of drug-likeness (QED) is 0.876. The van der Waals surface area contributed by atoms with Gasteiger partial charge in [-0.1, -0.05) is 30.3 Å². The van der Waals surface area contributed by atoms with Gasteiger partial charge in [-0.05, 0) is 45.3 Å². The molecule has 6 nitrogen and oxygen atoms in total. The van der Waals surface area contributed by atoms with E-state index in [0.717, 1.165) is 31.8 Å². The molecule has 2 aromatic rings. The molecule has 2 heterocycles. The lowest BCUT2D eigenvalue weighted by atomic mass is 9.96. The Morgan fingerprint density at radius 2 is 2.00 bits per heavy atom. The van der Waals surface area contributed by atoms with Gasteiger partial charge in [0.2, 0.25) is 5.91 Å². The van der Waals surface area contributed by atoms with Crippen molar-refractivity contribution in [2.75, 3.05) is 19.6 Å². The lowest BCUT2D eigenvalue weighted by molar-refractivity contribution is -0.135. The van der Waals surface area contributed by atoms with Crippen molar-refractivity contribution in [3.05, 3.63) is 48.0 Å². The number of H-pyrrole nitrogens is 1. The molecule has 6 heteroatoms. The number of carbonyl (C=O) groups excluding carboxylic acids is 1. The molecule has 1 N–H and O–H groups in total. The molecular weight excluding hydrogens is 314 g/mol. The van der Waals surface area contributed by atoms with E-state index in [-0.39, 0.29) is 11.9 Å². The number of likely N-dealkylation sites (tertiary alicyclic amines) is 1. The molecule has 0 bridgehead atoms. The second kappa shape index (κ2) is 8.25. The molecule has 0 aliphatic carbocycles. The van der Waals surface area contributed by atoms with E-state index in [4.69, 9.17) is 0 Å². The van der Waals surface area contributed by atoms with E-state index >= 15 is 0 Å². The minimum Gasteiger partial charge on any atom is -0.335 e. The standard InChI is InChI=1S/C19H27N5O/c1-15(2)24(12-16-6-4-3-5-7-16)18(25)13-23-10-8-17(9-11-23)19-20-14-21-22-19/h3-7,14-15,17H,8-13H2,1-2H3,(H,20,21,22). The van der Waals surface area contributed by atoms with Crippen LogP contribution in [-0.4, -0.2) is 56.6 Å². The van der Waals surface area contributed by atoms with Crippen LogP contribution in [0.1, 0.15) is 44.0 Å². The molecule has 1 saturated heterocycles. The molecule has 25 heavy (non-hydrogen) atoms. The summed E-state index contributed by atoms with van der Waals surface area (Å²) in [6.07, 6.45) is 3.60. The van der Waals surface area contributed by atoms with E-state index in [0.29, 0.717) is 19.0 Å². The minimum atomic E-state index is 0.194. The summed E-state index contributed by atoms with van der Waals surface area (Å²) >= 11 is 0. The van der Waals surface area contributed by atoms with Crippen LogP contribution in [0.5, 0.6) is 0 Å². The topological polar surface area (TPSA) is 65.1 Å². The lowest BCUT2D eigenvalue weighted by Gasteiger charge is -2.33. The Kier molecular flexibility index (Phi) is 5.81. The van der Waals surface area contributed by atoms with Crippen molar-refractivity contribution in [2.24, 2.45) is 0 Å². The number of aromatic amines is 1. The Bertz CT molecular complexity index is 648. The van der Waals surface area contributed by atoms with E-state index in [1.807, 2.05) is 23.1 Å². The molecule has 1 aromatic heterocycles. The van der Waals surface area contributed by atoms with Gasteiger partial charge in [0, 0.05) is 18.5 Å². The average molecular weight is 341 g/mol. The summed E-state index contributed by atoms with van der Waals surface area (Å²) in [5.74, 6) is 1.61. The van der Waals surface area contributed by atoms with Crippen LogP contribution in [0.2, 0.25) is 0 Å². The average Bonchev–Trinajstić information content (AvgIpc) is 3.15. The van der Waals surface area contributed by atoms with Crippen molar-refractivity contribution in [1.82, 2.24) is 25.0 Å². The Hall–Kier alpha value is -2.21. The zero-order valence-electron chi connectivity index (χ0n) is 15.1. The van der Waals surface area contributed by atoms with Crippen molar-refractivity contribution in [1.29, 1.82) is 0 Å². The van der Waals surface area contributed by atoms with Gasteiger partial charge in [0.05, 0.1) is 6.54 Å². The maximum Gasteiger partial charge on any atom is 0.237 e. The number of piperidine rings is 1. The largest absolute Gasteiger partial charge is 0.335 e. The first-order valence-electron chi connectivity index (χ1n) is 9.04. The molecule has 1 aliphatic heterocycles. The first-order valence-corrected chi connectivity index (χ1v) is 9.04. The molecule has 0 saturated carbocycles. The zero-order valence-corrected chi connectivity index (χ0v) is 15.1. The fourth-order valence-corrected chi connectivity index (χ4v) is 3.40. The maximum atomic E-state index is 12.8. The summed E-state index contributed by atoms with van der Waals surface area (Å²) in [6, 6.07) is 10.4. The van der Waals surface area contributed by atoms with Gasteiger partial charge in [0.25, 0.3) is 0 Å². The van der Waals surface area contributed by atoms with Gasteiger partial charge >= 0.3 is 0 Å². The molecular formula is C19H27N5O. The van der Waals surface area contributed by atoms with E-state index in [1.165, 1.54) is 5.56 Å². The van der Waals surface area contributed by atoms with Crippen LogP contribution in [0.4, 0.5) is 0 Å². The summed E-state index contributed by atoms with van der Waals surface area (Å²) in [5.41, 5.74) is 1.17. The predicted molar refractivity (Wildman–Crippen MR) is 96.9 cm³/mol. The third-order valence-corrected chi connectivity index (χ3v) is 4.91. The molecule has 0 unspecified atom stereocenters. The number of nitrogens with zero attached hydrogens (tertiary/aromatic N) is 4. The van der Waals surface area contributed by atoms with Crippen LogP contribution >= 0.6 is 0 Å². The van der Waals surface area contributed by atoms with E-state index in [9.17, 15) is 4.79 Å². The molecule has 0 spiro atoms. The highest BCUT2D eigenvalue weighted by Gasteiger charge is 2.26. The summed E-state index contributed by atoms with van der Waals surface area (Å²) in [7, 11) is 0. The van der Waals surface area contributed by atoms with E-state index in [2.05, 4.69) is 46.1 Å². The Balaban J connectivity index is 1.53. The second-order valence-corrected chi connectivity index (χ2v) is 7.02. The molecule has 1 fully saturated rings. The number of rotatable bonds is 6. The Morgan fingerprint density at radius 3 is 2.60 bits per heavy atom. The normalized spacial score (nSPS) is 16.3. The van der Waals surface area contributed by atoms with Gasteiger partial charge in [-0.15, -0.1) is 0 Å². The van der Waals surface area contributed by atoms with Crippen molar-refractivity contribution < 1.29 is 4.79 Å². The van der Waals surface area contributed by atoms with Crippen LogP contribution in [0.3, 0.4) is 0 Å². The van der Waals surface area contributed by atoms with Crippen LogP contribution in [0.15, 0.2) is 36.7 Å². The number of amides is 1. The van der Waals surface area contributed by atoms with E-state index < -0.39 is 0 Å². The van der Waals surface area contributed by atoms with Gasteiger partial charge < -0.3 is 4.90 Å². The third kappa shape index (κ3) is 4.66. The number of hydrogen-bond acceptors (Lipinski definition) is 4. The van der Waals surface area contributed by atoms with Crippen LogP contribution in [0, 0.1) is 0 Å². The number of nitrogens with one attached hydrogen (secondary N) is 1. The lowest BCUT2D eigenvalue weighted by Crippen LogP contribution is -2.45. The zero-order chi connectivity index (χ0) is 17.6. The number of hydrogen-bond donors (Lipinski definition) is 1. The highest BCUT2D eigenvalue weighted by atomic mass is 16.2. The number of benzene rings is 1. The van der Waals surface area contributed by atoms with Gasteiger partial charge in [-0.25, -0.2) is 4.98 Å². The fourth-order valence-electron chi connectivity index (χ4n) is 3.40. The van der Waals surface area contributed by atoms with Gasteiger partial charge in [0.15, 0.2) is 0 Å². The SMILES string of the molecule is CC(C)N(Cc1ccccc1)C(=O)CN1CCC(c2ncn[nH]2)CC1. The van der Waals surface area contributed by atoms with Crippen LogP contribution < -0.4 is 0 Å². The molecule has 1 aromatic carbocycles. The van der Waals surface area contributed by atoms with Crippen molar-refractivity contribution >= 4 is 5.91 Å². The van der Waals surface area contributed by atoms with E-state index in [1.54, 1.807) is 6.33 Å². The van der Waals surface area contributed by atoms with Gasteiger partial charge in [0.1, 0.15) is 12.2 Å². The predicted octanol–water partition coefficient (Wildman–Crippen LogP) is 2.42. The van der Waals surface area contributed by atoms with Crippen LogP contribution in [0.25, 0.3) is 0 Å². The molecule has 1 amide bonds. The molecule has 1 aliphatic rings. The highest BCUT2D eigenvalue weighted by molar-refractivity contribution is 5.78. The summed E-state index contributed by atoms with van der Waals surface area (Å²) in [6.45, 7) is 7.18. The van der Waals surface area contributed by atoms with Crippen molar-refractivity contribution in [2.45, 2.75) is 45.2 Å². The van der Waals surface area contributed by atoms with Crippen LogP contribution in [-0.2, 0) is 11.3 Å². The third-order valence-electron chi connectivity index (χ3n) is 4.91. The molecule has 0 atom stereocenters. The monoisotopic (exact) mass is 341 g/mol. The number of carbonyl (C=O) groups is 1. The summed E-state index contributed by atoms with van der Waals surface area (Å²) < 4.78 is 0. The molecule has 134 valence electrons. The van der Waals surface area contributed by atoms with Gasteiger partial charge in [-0.2, -0.15) is 5.10 Å². The first-order chi connectivity index (χ1) is 12.1. The second-order valence-electron chi connectivity index (χ2n) is 7.02. The first kappa shape index (κ1) is 17.6. The van der Waals surface area contributed by atoms with Crippen molar-refractivity contribution in [3.8, 4) is 0 Å². The van der Waals surface area contributed by atoms with Gasteiger partial charge in [-0.3, -0.25) is 14.8 Å². The Morgan fingerprint density at radius 1 is 1.28 bits per heavy atom. The van der Waals surface area contributed by atoms with Crippen molar-refractivity contribution in [3.63, 3.8) is 0 Å². The summed E-state index contributed by atoms with van der Waals surface area (Å²) in [4.78, 5) is 21.3. The maximum absolute atomic E-state index is 12.8. The minimum absolute atomic E-state index is 0.194. The molecule has 3 rings (SSSR count).